The summed E-state index contributed by atoms with van der Waals surface area (Å²) in [5.41, 5.74) is 0.296. The second-order valence-corrected chi connectivity index (χ2v) is 5.91. The van der Waals surface area contributed by atoms with Gasteiger partial charge in [-0.1, -0.05) is 25.1 Å². The molecule has 1 atom stereocenters. The maximum Gasteiger partial charge on any atom is 0.573 e. The van der Waals surface area contributed by atoms with Gasteiger partial charge in [-0.05, 0) is 31.4 Å². The zero-order valence-corrected chi connectivity index (χ0v) is 13.0. The molecule has 1 amide bonds. The summed E-state index contributed by atoms with van der Waals surface area (Å²) in [4.78, 5) is 14.0. The zero-order chi connectivity index (χ0) is 16.9. The summed E-state index contributed by atoms with van der Waals surface area (Å²) < 4.78 is 41.0. The van der Waals surface area contributed by atoms with Gasteiger partial charge in [0.1, 0.15) is 5.75 Å². The highest BCUT2D eigenvalue weighted by molar-refractivity contribution is 5.78. The third-order valence-corrected chi connectivity index (χ3v) is 3.78. The molecule has 128 valence electrons. The van der Waals surface area contributed by atoms with Gasteiger partial charge in [-0.2, -0.15) is 0 Å². The van der Waals surface area contributed by atoms with Gasteiger partial charge in [0.2, 0.25) is 5.91 Å². The fourth-order valence-electron chi connectivity index (χ4n) is 2.76. The molecular formula is C16H21F3N2O2. The quantitative estimate of drug-likeness (QED) is 0.902. The van der Waals surface area contributed by atoms with Gasteiger partial charge in [0.25, 0.3) is 0 Å². The minimum atomic E-state index is -4.75. The molecule has 1 heterocycles. The molecule has 0 saturated carbocycles. The van der Waals surface area contributed by atoms with E-state index in [-0.39, 0.29) is 24.7 Å². The summed E-state index contributed by atoms with van der Waals surface area (Å²) in [5, 5.41) is 2.66. The van der Waals surface area contributed by atoms with Crippen LogP contribution in [-0.4, -0.2) is 36.8 Å². The Morgan fingerprint density at radius 3 is 2.83 bits per heavy atom. The normalized spacial score (nSPS) is 19.4. The fourth-order valence-corrected chi connectivity index (χ4v) is 2.76. The van der Waals surface area contributed by atoms with Gasteiger partial charge in [0.05, 0.1) is 6.54 Å². The van der Waals surface area contributed by atoms with Crippen LogP contribution in [0, 0.1) is 5.92 Å². The van der Waals surface area contributed by atoms with Crippen molar-refractivity contribution in [2.24, 2.45) is 5.92 Å². The summed E-state index contributed by atoms with van der Waals surface area (Å²) in [6.45, 7) is 4.18. The molecule has 1 fully saturated rings. The Morgan fingerprint density at radius 1 is 1.39 bits per heavy atom. The number of halogens is 3. The summed E-state index contributed by atoms with van der Waals surface area (Å²) in [5.74, 6) is 0.0882. The van der Waals surface area contributed by atoms with E-state index >= 15 is 0 Å². The van der Waals surface area contributed by atoms with Gasteiger partial charge in [0, 0.05) is 18.7 Å². The standard InChI is InChI=1S/C16H21F3N2O2/c1-12-5-4-8-21(10-12)11-15(22)20-9-13-6-2-3-7-14(13)23-16(17,18)19/h2-3,6-7,12H,4-5,8-11H2,1H3,(H,20,22)/t12-/m1/s1. The van der Waals surface area contributed by atoms with Crippen LogP contribution < -0.4 is 10.1 Å². The van der Waals surface area contributed by atoms with Crippen molar-refractivity contribution < 1.29 is 22.7 Å². The Kier molecular flexibility index (Phi) is 5.87. The van der Waals surface area contributed by atoms with E-state index in [1.807, 2.05) is 0 Å². The van der Waals surface area contributed by atoms with Crippen LogP contribution in [0.1, 0.15) is 25.3 Å². The van der Waals surface area contributed by atoms with Crippen molar-refractivity contribution in [2.45, 2.75) is 32.7 Å². The number of nitrogens with zero attached hydrogens (tertiary/aromatic N) is 1. The van der Waals surface area contributed by atoms with Crippen molar-refractivity contribution in [1.82, 2.24) is 10.2 Å². The molecule has 4 nitrogen and oxygen atoms in total. The lowest BCUT2D eigenvalue weighted by Crippen LogP contribution is -2.41. The number of hydrogen-bond donors (Lipinski definition) is 1. The first-order valence-electron chi connectivity index (χ1n) is 7.66. The number of carbonyl (C=O) groups is 1. The largest absolute Gasteiger partial charge is 0.573 e. The van der Waals surface area contributed by atoms with E-state index in [1.165, 1.54) is 24.6 Å². The third-order valence-electron chi connectivity index (χ3n) is 3.78. The molecule has 0 radical (unpaired) electrons. The molecule has 1 aromatic rings. The van der Waals surface area contributed by atoms with Crippen molar-refractivity contribution in [3.8, 4) is 5.75 Å². The highest BCUT2D eigenvalue weighted by atomic mass is 19.4. The molecule has 1 N–H and O–H groups in total. The average molecular weight is 330 g/mol. The highest BCUT2D eigenvalue weighted by Crippen LogP contribution is 2.26. The van der Waals surface area contributed by atoms with Gasteiger partial charge in [-0.15, -0.1) is 13.2 Å². The highest BCUT2D eigenvalue weighted by Gasteiger charge is 2.32. The second-order valence-electron chi connectivity index (χ2n) is 5.91. The zero-order valence-electron chi connectivity index (χ0n) is 13.0. The van der Waals surface area contributed by atoms with Crippen molar-refractivity contribution in [2.75, 3.05) is 19.6 Å². The Bertz CT molecular complexity index is 534. The van der Waals surface area contributed by atoms with E-state index in [0.29, 0.717) is 11.5 Å². The molecule has 1 aliphatic heterocycles. The van der Waals surface area contributed by atoms with Crippen molar-refractivity contribution in [1.29, 1.82) is 0 Å². The topological polar surface area (TPSA) is 41.6 Å². The number of ether oxygens (including phenoxy) is 1. The van der Waals surface area contributed by atoms with Crippen molar-refractivity contribution in [3.63, 3.8) is 0 Å². The monoisotopic (exact) mass is 330 g/mol. The molecule has 1 aromatic carbocycles. The Hall–Kier alpha value is -1.76. The molecule has 0 spiro atoms. The Labute approximate surface area is 133 Å². The third kappa shape index (κ3) is 6.09. The van der Waals surface area contributed by atoms with Crippen LogP contribution >= 0.6 is 0 Å². The van der Waals surface area contributed by atoms with Gasteiger partial charge in [-0.3, -0.25) is 9.69 Å². The van der Waals surface area contributed by atoms with Crippen molar-refractivity contribution >= 4 is 5.91 Å². The van der Waals surface area contributed by atoms with E-state index in [9.17, 15) is 18.0 Å². The molecule has 1 aliphatic rings. The van der Waals surface area contributed by atoms with Gasteiger partial charge >= 0.3 is 6.36 Å². The van der Waals surface area contributed by atoms with E-state index in [2.05, 4.69) is 21.9 Å². The minimum Gasteiger partial charge on any atom is -0.405 e. The van der Waals surface area contributed by atoms with Gasteiger partial charge < -0.3 is 10.1 Å². The first-order chi connectivity index (χ1) is 10.8. The molecule has 0 aromatic heterocycles. The van der Waals surface area contributed by atoms with Crippen LogP contribution in [0.25, 0.3) is 0 Å². The molecule has 0 unspecified atom stereocenters. The molecular weight excluding hydrogens is 309 g/mol. The number of amides is 1. The van der Waals surface area contributed by atoms with Crippen LogP contribution in [0.15, 0.2) is 24.3 Å². The number of nitrogens with one attached hydrogen (secondary N) is 1. The van der Waals surface area contributed by atoms with Crippen LogP contribution in [0.3, 0.4) is 0 Å². The number of para-hydroxylation sites is 1. The van der Waals surface area contributed by atoms with E-state index in [4.69, 9.17) is 0 Å². The number of piperidine rings is 1. The average Bonchev–Trinajstić information content (AvgIpc) is 2.45. The van der Waals surface area contributed by atoms with Crippen LogP contribution in [0.5, 0.6) is 5.75 Å². The fraction of sp³-hybridized carbons (Fsp3) is 0.562. The first kappa shape index (κ1) is 17.6. The summed E-state index contributed by atoms with van der Waals surface area (Å²) in [6, 6.07) is 5.81. The summed E-state index contributed by atoms with van der Waals surface area (Å²) in [7, 11) is 0. The molecule has 0 aliphatic carbocycles. The van der Waals surface area contributed by atoms with Gasteiger partial charge in [-0.25, -0.2) is 0 Å². The molecule has 23 heavy (non-hydrogen) atoms. The Morgan fingerprint density at radius 2 is 2.13 bits per heavy atom. The number of alkyl halides is 3. The van der Waals surface area contributed by atoms with Crippen LogP contribution in [-0.2, 0) is 11.3 Å². The lowest BCUT2D eigenvalue weighted by atomic mass is 10.0. The minimum absolute atomic E-state index is 0.00841. The first-order valence-corrected chi connectivity index (χ1v) is 7.66. The smallest absolute Gasteiger partial charge is 0.405 e. The molecule has 1 saturated heterocycles. The SMILES string of the molecule is C[C@@H]1CCCN(CC(=O)NCc2ccccc2OC(F)(F)F)C1. The number of carbonyl (C=O) groups excluding carboxylic acids is 1. The number of benzene rings is 1. The maximum absolute atomic E-state index is 12.3. The van der Waals surface area contributed by atoms with E-state index in [1.54, 1.807) is 6.07 Å². The molecule has 0 bridgehead atoms. The Balaban J connectivity index is 1.86. The van der Waals surface area contributed by atoms with Crippen LogP contribution in [0.2, 0.25) is 0 Å². The predicted molar refractivity (Wildman–Crippen MR) is 79.8 cm³/mol. The second kappa shape index (κ2) is 7.68. The molecule has 7 heteroatoms. The summed E-state index contributed by atoms with van der Waals surface area (Å²) >= 11 is 0. The lowest BCUT2D eigenvalue weighted by Gasteiger charge is -2.30. The van der Waals surface area contributed by atoms with Crippen LogP contribution in [0.4, 0.5) is 13.2 Å². The van der Waals surface area contributed by atoms with E-state index in [0.717, 1.165) is 19.5 Å². The molecule has 2 rings (SSSR count). The summed E-state index contributed by atoms with van der Waals surface area (Å²) in [6.07, 6.45) is -2.51. The van der Waals surface area contributed by atoms with Gasteiger partial charge in [0.15, 0.2) is 0 Å². The number of rotatable bonds is 5. The lowest BCUT2D eigenvalue weighted by molar-refractivity contribution is -0.274. The number of hydrogen-bond acceptors (Lipinski definition) is 3. The van der Waals surface area contributed by atoms with Crippen molar-refractivity contribution in [3.05, 3.63) is 29.8 Å². The van der Waals surface area contributed by atoms with E-state index < -0.39 is 6.36 Å². The predicted octanol–water partition coefficient (Wildman–Crippen LogP) is 2.93. The number of likely N-dealkylation sites (tertiary alicyclic amines) is 1. The maximum atomic E-state index is 12.3.